The van der Waals surface area contributed by atoms with Crippen LogP contribution in [-0.2, 0) is 11.3 Å². The van der Waals surface area contributed by atoms with E-state index in [-0.39, 0.29) is 12.5 Å². The molecule has 3 N–H and O–H groups in total. The van der Waals surface area contributed by atoms with E-state index in [9.17, 15) is 4.79 Å². The van der Waals surface area contributed by atoms with E-state index in [0.717, 1.165) is 5.56 Å². The third-order valence-electron chi connectivity index (χ3n) is 2.67. The van der Waals surface area contributed by atoms with Gasteiger partial charge in [-0.1, -0.05) is 5.16 Å². The first-order chi connectivity index (χ1) is 8.76. The van der Waals surface area contributed by atoms with Crippen molar-refractivity contribution < 1.29 is 14.1 Å². The number of carbonyl (C=O) groups excluding carboxylic acids is 1. The predicted molar refractivity (Wildman–Crippen MR) is 64.0 cm³/mol. The fourth-order valence-corrected chi connectivity index (χ4v) is 1.79. The highest BCUT2D eigenvalue weighted by molar-refractivity contribution is 5.96. The molecular weight excluding hydrogens is 234 g/mol. The van der Waals surface area contributed by atoms with Crippen molar-refractivity contribution in [2.24, 2.45) is 5.73 Å². The Labute approximate surface area is 103 Å². The van der Waals surface area contributed by atoms with Crippen molar-refractivity contribution in [2.45, 2.75) is 6.54 Å². The maximum absolute atomic E-state index is 11.2. The van der Waals surface area contributed by atoms with Crippen LogP contribution in [0.2, 0.25) is 0 Å². The molecule has 92 valence electrons. The molecule has 18 heavy (non-hydrogen) atoms. The fourth-order valence-electron chi connectivity index (χ4n) is 1.79. The maximum atomic E-state index is 11.2. The van der Waals surface area contributed by atoms with Crippen LogP contribution in [0.25, 0.3) is 11.3 Å². The van der Waals surface area contributed by atoms with Gasteiger partial charge in [-0.25, -0.2) is 0 Å². The Morgan fingerprint density at radius 2 is 2.28 bits per heavy atom. The Bertz CT molecular complexity index is 606. The predicted octanol–water partition coefficient (Wildman–Crippen LogP) is 1.13. The molecular formula is C12H11N3O3. The highest BCUT2D eigenvalue weighted by atomic mass is 16.5. The molecule has 0 unspecified atom stereocenters. The van der Waals surface area contributed by atoms with E-state index < -0.39 is 0 Å². The Hall–Kier alpha value is -2.34. The van der Waals surface area contributed by atoms with Crippen LogP contribution in [0.3, 0.4) is 0 Å². The average molecular weight is 245 g/mol. The Balaban J connectivity index is 1.98. The third kappa shape index (κ3) is 1.82. The van der Waals surface area contributed by atoms with E-state index >= 15 is 0 Å². The molecule has 6 heteroatoms. The van der Waals surface area contributed by atoms with Crippen LogP contribution in [0.1, 0.15) is 5.76 Å². The molecule has 0 bridgehead atoms. The number of fused-ring (bicyclic) bond motifs is 1. The van der Waals surface area contributed by atoms with Crippen molar-refractivity contribution >= 4 is 11.6 Å². The third-order valence-corrected chi connectivity index (χ3v) is 2.67. The molecule has 1 aliphatic heterocycles. The van der Waals surface area contributed by atoms with Crippen LogP contribution in [0.15, 0.2) is 28.8 Å². The molecule has 2 aromatic rings. The number of hydrogen-bond donors (Lipinski definition) is 2. The first-order valence-electron chi connectivity index (χ1n) is 5.49. The number of carbonyl (C=O) groups is 1. The number of anilines is 1. The fraction of sp³-hybridized carbons (Fsp3) is 0.167. The average Bonchev–Trinajstić information content (AvgIpc) is 2.86. The van der Waals surface area contributed by atoms with Gasteiger partial charge in [0.25, 0.3) is 5.91 Å². The second-order valence-corrected chi connectivity index (χ2v) is 3.93. The largest absolute Gasteiger partial charge is 0.482 e. The van der Waals surface area contributed by atoms with Gasteiger partial charge in [0.05, 0.1) is 12.2 Å². The van der Waals surface area contributed by atoms with Gasteiger partial charge in [-0.3, -0.25) is 4.79 Å². The van der Waals surface area contributed by atoms with E-state index in [2.05, 4.69) is 10.5 Å². The first kappa shape index (κ1) is 10.8. The minimum atomic E-state index is -0.164. The lowest BCUT2D eigenvalue weighted by molar-refractivity contribution is -0.118. The zero-order valence-electron chi connectivity index (χ0n) is 9.47. The molecule has 0 saturated carbocycles. The van der Waals surface area contributed by atoms with Crippen LogP contribution >= 0.6 is 0 Å². The molecule has 1 aliphatic rings. The number of rotatable bonds is 2. The summed E-state index contributed by atoms with van der Waals surface area (Å²) in [7, 11) is 0. The quantitative estimate of drug-likeness (QED) is 0.827. The number of benzene rings is 1. The van der Waals surface area contributed by atoms with Gasteiger partial charge in [0.2, 0.25) is 0 Å². The van der Waals surface area contributed by atoms with Crippen LogP contribution in [0, 0.1) is 0 Å². The van der Waals surface area contributed by atoms with Gasteiger partial charge in [0, 0.05) is 11.6 Å². The standard InChI is InChI=1S/C12H11N3O3/c13-5-8-4-9(15-18-8)7-1-2-11-10(3-7)14-12(16)6-17-11/h1-4H,5-6,13H2,(H,14,16). The van der Waals surface area contributed by atoms with E-state index in [1.807, 2.05) is 6.07 Å². The van der Waals surface area contributed by atoms with Gasteiger partial charge >= 0.3 is 0 Å². The lowest BCUT2D eigenvalue weighted by Gasteiger charge is -2.17. The van der Waals surface area contributed by atoms with Gasteiger partial charge in [-0.05, 0) is 18.2 Å². The molecule has 0 fully saturated rings. The minimum absolute atomic E-state index is 0.0492. The van der Waals surface area contributed by atoms with Gasteiger partial charge in [0.1, 0.15) is 11.4 Å². The minimum Gasteiger partial charge on any atom is -0.482 e. The molecule has 0 saturated heterocycles. The number of nitrogens with one attached hydrogen (secondary N) is 1. The van der Waals surface area contributed by atoms with Crippen molar-refractivity contribution in [3.8, 4) is 17.0 Å². The maximum Gasteiger partial charge on any atom is 0.262 e. The molecule has 1 aromatic carbocycles. The normalized spacial score (nSPS) is 13.7. The monoisotopic (exact) mass is 245 g/mol. The van der Waals surface area contributed by atoms with E-state index in [1.165, 1.54) is 0 Å². The van der Waals surface area contributed by atoms with Gasteiger partial charge in [-0.2, -0.15) is 0 Å². The van der Waals surface area contributed by atoms with E-state index in [0.29, 0.717) is 29.4 Å². The number of amides is 1. The number of nitrogens with two attached hydrogens (primary N) is 1. The van der Waals surface area contributed by atoms with Crippen LogP contribution < -0.4 is 15.8 Å². The molecule has 0 spiro atoms. The lowest BCUT2D eigenvalue weighted by Crippen LogP contribution is -2.25. The van der Waals surface area contributed by atoms with Gasteiger partial charge in [0.15, 0.2) is 12.4 Å². The van der Waals surface area contributed by atoms with Gasteiger partial charge in [-0.15, -0.1) is 0 Å². The van der Waals surface area contributed by atoms with E-state index in [1.54, 1.807) is 18.2 Å². The molecule has 2 heterocycles. The molecule has 0 atom stereocenters. The Morgan fingerprint density at radius 3 is 3.06 bits per heavy atom. The molecule has 1 amide bonds. The number of nitrogens with zero attached hydrogens (tertiary/aromatic N) is 1. The van der Waals surface area contributed by atoms with Crippen LogP contribution in [0.5, 0.6) is 5.75 Å². The summed E-state index contributed by atoms with van der Waals surface area (Å²) in [5.74, 6) is 1.10. The summed E-state index contributed by atoms with van der Waals surface area (Å²) >= 11 is 0. The topological polar surface area (TPSA) is 90.4 Å². The number of aromatic nitrogens is 1. The highest BCUT2D eigenvalue weighted by Crippen LogP contribution is 2.32. The van der Waals surface area contributed by atoms with Crippen molar-refractivity contribution in [1.29, 1.82) is 0 Å². The zero-order valence-corrected chi connectivity index (χ0v) is 9.47. The van der Waals surface area contributed by atoms with Crippen LogP contribution in [0.4, 0.5) is 5.69 Å². The summed E-state index contributed by atoms with van der Waals surface area (Å²) in [6.45, 7) is 0.353. The zero-order chi connectivity index (χ0) is 12.5. The summed E-state index contributed by atoms with van der Waals surface area (Å²) in [6.07, 6.45) is 0. The van der Waals surface area contributed by atoms with Crippen molar-refractivity contribution in [2.75, 3.05) is 11.9 Å². The Morgan fingerprint density at radius 1 is 1.39 bits per heavy atom. The van der Waals surface area contributed by atoms with Crippen molar-refractivity contribution in [3.63, 3.8) is 0 Å². The summed E-state index contributed by atoms with van der Waals surface area (Å²) in [5, 5.41) is 6.66. The van der Waals surface area contributed by atoms with Crippen LogP contribution in [-0.4, -0.2) is 17.7 Å². The summed E-state index contributed by atoms with van der Waals surface area (Å²) in [5.41, 5.74) is 7.61. The summed E-state index contributed by atoms with van der Waals surface area (Å²) in [4.78, 5) is 11.2. The smallest absolute Gasteiger partial charge is 0.262 e. The Kier molecular flexibility index (Phi) is 2.49. The van der Waals surface area contributed by atoms with Crippen molar-refractivity contribution in [3.05, 3.63) is 30.0 Å². The second kappa shape index (κ2) is 4.15. The number of ether oxygens (including phenoxy) is 1. The summed E-state index contributed by atoms with van der Waals surface area (Å²) < 4.78 is 10.3. The summed E-state index contributed by atoms with van der Waals surface area (Å²) in [6, 6.07) is 7.22. The molecule has 0 aliphatic carbocycles. The lowest BCUT2D eigenvalue weighted by atomic mass is 10.1. The highest BCUT2D eigenvalue weighted by Gasteiger charge is 2.17. The molecule has 3 rings (SSSR count). The van der Waals surface area contributed by atoms with Gasteiger partial charge < -0.3 is 20.3 Å². The second-order valence-electron chi connectivity index (χ2n) is 3.93. The first-order valence-corrected chi connectivity index (χ1v) is 5.49. The molecule has 6 nitrogen and oxygen atoms in total. The molecule has 1 aromatic heterocycles. The van der Waals surface area contributed by atoms with Crippen molar-refractivity contribution in [1.82, 2.24) is 5.16 Å². The molecule has 0 radical (unpaired) electrons. The SMILES string of the molecule is NCc1cc(-c2ccc3c(c2)NC(=O)CO3)no1. The van der Waals surface area contributed by atoms with E-state index in [4.69, 9.17) is 15.0 Å². The number of hydrogen-bond acceptors (Lipinski definition) is 5.